The van der Waals surface area contributed by atoms with Crippen LogP contribution in [0.5, 0.6) is 0 Å². The summed E-state index contributed by atoms with van der Waals surface area (Å²) in [7, 11) is 0. The minimum absolute atomic E-state index is 0.246. The van der Waals surface area contributed by atoms with Gasteiger partial charge in [0.15, 0.2) is 0 Å². The molecule has 1 aromatic heterocycles. The summed E-state index contributed by atoms with van der Waals surface area (Å²) < 4.78 is 15.7. The summed E-state index contributed by atoms with van der Waals surface area (Å²) >= 11 is 0. The van der Waals surface area contributed by atoms with Crippen molar-refractivity contribution in [2.45, 2.75) is 25.1 Å². The first kappa shape index (κ1) is 10.1. The van der Waals surface area contributed by atoms with Gasteiger partial charge in [-0.2, -0.15) is 10.4 Å². The largest absolute Gasteiger partial charge is 0.316 e. The molecule has 4 nitrogen and oxygen atoms in total. The fourth-order valence-electron chi connectivity index (χ4n) is 1.83. The Balaban J connectivity index is 2.04. The molecule has 0 aliphatic carbocycles. The second kappa shape index (κ2) is 3.99. The molecule has 0 spiro atoms. The fourth-order valence-corrected chi connectivity index (χ4v) is 1.83. The Morgan fingerprint density at radius 2 is 2.33 bits per heavy atom. The molecule has 2 heterocycles. The number of nitriles is 1. The topological polar surface area (TPSA) is 53.6 Å². The van der Waals surface area contributed by atoms with Gasteiger partial charge in [-0.25, -0.2) is 4.39 Å². The molecule has 0 saturated carbocycles. The standard InChI is InChI=1S/C10H13FN4/c11-10(1-3-13-4-2-10)8-15-7-9(5-12)6-14-15/h6-7,13H,1-4,8H2. The molecule has 5 heteroatoms. The number of nitrogens with one attached hydrogen (secondary N) is 1. The predicted molar refractivity (Wildman–Crippen MR) is 52.9 cm³/mol. The summed E-state index contributed by atoms with van der Waals surface area (Å²) in [6.45, 7) is 1.67. The van der Waals surface area contributed by atoms with Crippen molar-refractivity contribution in [3.8, 4) is 6.07 Å². The van der Waals surface area contributed by atoms with Crippen LogP contribution >= 0.6 is 0 Å². The van der Waals surface area contributed by atoms with Gasteiger partial charge >= 0.3 is 0 Å². The number of aromatic nitrogens is 2. The Bertz CT molecular complexity index is 373. The molecule has 1 aromatic rings. The summed E-state index contributed by atoms with van der Waals surface area (Å²) in [4.78, 5) is 0. The molecule has 1 N–H and O–H groups in total. The molecule has 0 radical (unpaired) electrons. The normalized spacial score (nSPS) is 19.7. The van der Waals surface area contributed by atoms with Crippen LogP contribution in [0.25, 0.3) is 0 Å². The molecular weight excluding hydrogens is 195 g/mol. The Kier molecular flexibility index (Phi) is 2.69. The van der Waals surface area contributed by atoms with Crippen molar-refractivity contribution in [3.05, 3.63) is 18.0 Å². The maximum Gasteiger partial charge on any atom is 0.132 e. The monoisotopic (exact) mass is 208 g/mol. The molecule has 1 aliphatic heterocycles. The molecule has 0 aromatic carbocycles. The van der Waals surface area contributed by atoms with Gasteiger partial charge in [-0.3, -0.25) is 4.68 Å². The third-order valence-corrected chi connectivity index (χ3v) is 2.71. The first-order valence-corrected chi connectivity index (χ1v) is 5.04. The number of piperidine rings is 1. The molecule has 15 heavy (non-hydrogen) atoms. The van der Waals surface area contributed by atoms with E-state index in [2.05, 4.69) is 10.4 Å². The van der Waals surface area contributed by atoms with E-state index >= 15 is 0 Å². The molecule has 80 valence electrons. The van der Waals surface area contributed by atoms with Gasteiger partial charge in [0.05, 0.1) is 18.3 Å². The molecule has 1 saturated heterocycles. The van der Waals surface area contributed by atoms with E-state index in [1.54, 1.807) is 6.20 Å². The van der Waals surface area contributed by atoms with E-state index in [4.69, 9.17) is 5.26 Å². The van der Waals surface area contributed by atoms with Crippen molar-refractivity contribution in [2.75, 3.05) is 13.1 Å². The fraction of sp³-hybridized carbons (Fsp3) is 0.600. The number of hydrogen-bond acceptors (Lipinski definition) is 3. The SMILES string of the molecule is N#Cc1cnn(CC2(F)CCNCC2)c1. The molecule has 1 fully saturated rings. The van der Waals surface area contributed by atoms with Crippen molar-refractivity contribution in [1.82, 2.24) is 15.1 Å². The molecule has 0 unspecified atom stereocenters. The lowest BCUT2D eigenvalue weighted by atomic mass is 9.94. The Hall–Kier alpha value is -1.41. The highest BCUT2D eigenvalue weighted by Crippen LogP contribution is 2.24. The zero-order chi connectivity index (χ0) is 10.7. The van der Waals surface area contributed by atoms with E-state index in [0.717, 1.165) is 0 Å². The smallest absolute Gasteiger partial charge is 0.132 e. The van der Waals surface area contributed by atoms with Gasteiger partial charge in [0, 0.05) is 6.20 Å². The van der Waals surface area contributed by atoms with Gasteiger partial charge in [0.2, 0.25) is 0 Å². The average molecular weight is 208 g/mol. The van der Waals surface area contributed by atoms with Gasteiger partial charge in [-0.1, -0.05) is 0 Å². The first-order chi connectivity index (χ1) is 7.22. The van der Waals surface area contributed by atoms with Crippen LogP contribution in [0.15, 0.2) is 12.4 Å². The van der Waals surface area contributed by atoms with E-state index in [1.807, 2.05) is 6.07 Å². The average Bonchev–Trinajstić information content (AvgIpc) is 2.66. The highest BCUT2D eigenvalue weighted by Gasteiger charge is 2.32. The molecule has 0 atom stereocenters. The molecule has 2 rings (SSSR count). The van der Waals surface area contributed by atoms with Crippen molar-refractivity contribution in [3.63, 3.8) is 0 Å². The summed E-state index contributed by atoms with van der Waals surface area (Å²) in [5, 5.41) is 15.7. The lowest BCUT2D eigenvalue weighted by Gasteiger charge is -2.29. The predicted octanol–water partition coefficient (Wildman–Crippen LogP) is 0.846. The minimum atomic E-state index is -1.18. The number of halogens is 1. The molecule has 1 aliphatic rings. The van der Waals surface area contributed by atoms with Crippen molar-refractivity contribution in [1.29, 1.82) is 5.26 Å². The number of alkyl halides is 1. The second-order valence-electron chi connectivity index (χ2n) is 3.94. The summed E-state index contributed by atoms with van der Waals surface area (Å²) in [6.07, 6.45) is 4.07. The van der Waals surface area contributed by atoms with Crippen LogP contribution in [0.1, 0.15) is 18.4 Å². The van der Waals surface area contributed by atoms with E-state index in [0.29, 0.717) is 31.5 Å². The van der Waals surface area contributed by atoms with Crippen LogP contribution in [-0.4, -0.2) is 28.5 Å². The third kappa shape index (κ3) is 2.34. The summed E-state index contributed by atoms with van der Waals surface area (Å²) in [5.41, 5.74) is -0.697. The van der Waals surface area contributed by atoms with Gasteiger partial charge < -0.3 is 5.32 Å². The lowest BCUT2D eigenvalue weighted by molar-refractivity contribution is 0.0894. The number of rotatable bonds is 2. The van der Waals surface area contributed by atoms with Crippen LogP contribution in [0, 0.1) is 11.3 Å². The van der Waals surface area contributed by atoms with Crippen LogP contribution < -0.4 is 5.32 Å². The maximum absolute atomic E-state index is 14.2. The van der Waals surface area contributed by atoms with Crippen molar-refractivity contribution >= 4 is 0 Å². The highest BCUT2D eigenvalue weighted by molar-refractivity contribution is 5.21. The summed E-state index contributed by atoms with van der Waals surface area (Å²) in [6, 6.07) is 1.98. The maximum atomic E-state index is 14.2. The van der Waals surface area contributed by atoms with Crippen LogP contribution in [0.3, 0.4) is 0 Å². The molecular formula is C10H13FN4. The van der Waals surface area contributed by atoms with E-state index in [-0.39, 0.29) is 6.54 Å². The number of hydrogen-bond donors (Lipinski definition) is 1. The van der Waals surface area contributed by atoms with E-state index in [9.17, 15) is 4.39 Å². The Morgan fingerprint density at radius 3 is 2.93 bits per heavy atom. The van der Waals surface area contributed by atoms with Crippen molar-refractivity contribution < 1.29 is 4.39 Å². The quantitative estimate of drug-likeness (QED) is 0.783. The third-order valence-electron chi connectivity index (χ3n) is 2.71. The zero-order valence-electron chi connectivity index (χ0n) is 8.41. The summed E-state index contributed by atoms with van der Waals surface area (Å²) in [5.74, 6) is 0. The van der Waals surface area contributed by atoms with Gasteiger partial charge in [0.1, 0.15) is 11.7 Å². The van der Waals surface area contributed by atoms with Crippen LogP contribution in [0.4, 0.5) is 4.39 Å². The minimum Gasteiger partial charge on any atom is -0.316 e. The lowest BCUT2D eigenvalue weighted by Crippen LogP contribution is -2.41. The first-order valence-electron chi connectivity index (χ1n) is 5.04. The second-order valence-corrected chi connectivity index (χ2v) is 3.94. The van der Waals surface area contributed by atoms with Gasteiger partial charge in [-0.05, 0) is 25.9 Å². The van der Waals surface area contributed by atoms with E-state index in [1.165, 1.54) is 10.9 Å². The highest BCUT2D eigenvalue weighted by atomic mass is 19.1. The zero-order valence-corrected chi connectivity index (χ0v) is 8.41. The van der Waals surface area contributed by atoms with E-state index < -0.39 is 5.67 Å². The Morgan fingerprint density at radius 1 is 1.60 bits per heavy atom. The molecule has 0 amide bonds. The molecule has 0 bridgehead atoms. The van der Waals surface area contributed by atoms with Crippen LogP contribution in [-0.2, 0) is 6.54 Å². The van der Waals surface area contributed by atoms with Crippen LogP contribution in [0.2, 0.25) is 0 Å². The van der Waals surface area contributed by atoms with Gasteiger partial charge in [-0.15, -0.1) is 0 Å². The van der Waals surface area contributed by atoms with Gasteiger partial charge in [0.25, 0.3) is 0 Å². The van der Waals surface area contributed by atoms with Crippen molar-refractivity contribution in [2.24, 2.45) is 0 Å². The Labute approximate surface area is 87.7 Å². The number of nitrogens with zero attached hydrogens (tertiary/aromatic N) is 3.